The van der Waals surface area contributed by atoms with E-state index in [-0.39, 0.29) is 24.3 Å². The molecule has 0 atom stereocenters. The van der Waals surface area contributed by atoms with Crippen LogP contribution in [-0.2, 0) is 4.79 Å². The highest BCUT2D eigenvalue weighted by Gasteiger charge is 2.24. The van der Waals surface area contributed by atoms with E-state index < -0.39 is 5.91 Å². The van der Waals surface area contributed by atoms with E-state index in [4.69, 9.17) is 13.9 Å². The first kappa shape index (κ1) is 24.6. The second kappa shape index (κ2) is 10.8. The summed E-state index contributed by atoms with van der Waals surface area (Å²) < 4.78 is 17.8. The Kier molecular flexibility index (Phi) is 7.39. The van der Waals surface area contributed by atoms with Gasteiger partial charge in [-0.1, -0.05) is 30.3 Å². The van der Waals surface area contributed by atoms with Crippen molar-refractivity contribution >= 4 is 17.8 Å². The molecular formula is C27H28N4O5. The lowest BCUT2D eigenvalue weighted by molar-refractivity contribution is -0.117. The quantitative estimate of drug-likeness (QED) is 0.369. The molecule has 0 saturated carbocycles. The molecule has 9 heteroatoms. The molecule has 0 unspecified atom stereocenters. The fraction of sp³-hybridized carbons (Fsp3) is 0.222. The van der Waals surface area contributed by atoms with E-state index in [0.717, 1.165) is 5.56 Å². The van der Waals surface area contributed by atoms with Crippen LogP contribution in [0.4, 0.5) is 5.95 Å². The molecule has 0 aliphatic heterocycles. The number of carbonyl (C=O) groups is 2. The molecule has 9 nitrogen and oxygen atoms in total. The lowest BCUT2D eigenvalue weighted by atomic mass is 10.2. The van der Waals surface area contributed by atoms with Crippen LogP contribution in [0.1, 0.15) is 24.4 Å². The molecule has 2 aromatic heterocycles. The van der Waals surface area contributed by atoms with Crippen LogP contribution in [0.25, 0.3) is 16.9 Å². The fourth-order valence-electron chi connectivity index (χ4n) is 3.74. The van der Waals surface area contributed by atoms with Gasteiger partial charge in [-0.25, -0.2) is 4.98 Å². The largest absolute Gasteiger partial charge is 0.493 e. The lowest BCUT2D eigenvalue weighted by Gasteiger charge is -2.25. The first-order valence-electron chi connectivity index (χ1n) is 11.4. The van der Waals surface area contributed by atoms with Gasteiger partial charge in [-0.3, -0.25) is 19.5 Å². The first-order chi connectivity index (χ1) is 17.4. The maximum atomic E-state index is 13.1. The van der Waals surface area contributed by atoms with Crippen molar-refractivity contribution < 1.29 is 23.5 Å². The van der Waals surface area contributed by atoms with E-state index in [1.54, 1.807) is 43.1 Å². The van der Waals surface area contributed by atoms with Crippen LogP contribution in [0.3, 0.4) is 0 Å². The van der Waals surface area contributed by atoms with Crippen LogP contribution in [0.5, 0.6) is 11.5 Å². The first-order valence-corrected chi connectivity index (χ1v) is 11.4. The number of nitrogens with one attached hydrogen (secondary N) is 1. The van der Waals surface area contributed by atoms with Gasteiger partial charge in [0.25, 0.3) is 5.91 Å². The van der Waals surface area contributed by atoms with E-state index in [0.29, 0.717) is 28.8 Å². The summed E-state index contributed by atoms with van der Waals surface area (Å²) in [6, 6.07) is 18.1. The zero-order valence-electron chi connectivity index (χ0n) is 20.6. The van der Waals surface area contributed by atoms with Crippen molar-refractivity contribution in [2.75, 3.05) is 26.1 Å². The number of ether oxygens (including phenoxy) is 2. The summed E-state index contributed by atoms with van der Waals surface area (Å²) in [5, 5.41) is 2.87. The Morgan fingerprint density at radius 2 is 1.78 bits per heavy atom. The average molecular weight is 489 g/mol. The predicted octanol–water partition coefficient (Wildman–Crippen LogP) is 4.64. The minimum atomic E-state index is -0.393. The standard InChI is InChI=1S/C27H28N4O5/c1-18(2)30(26(33)23-11-8-14-36-23)17-25(32)29-27-28-21(19-9-6-5-7-10-19)16-31(27)20-12-13-22(34-3)24(15-20)35-4/h5-16,18H,17H2,1-4H3,(H,28,29,32). The molecule has 1 N–H and O–H groups in total. The number of amides is 2. The van der Waals surface area contributed by atoms with Crippen LogP contribution in [0.2, 0.25) is 0 Å². The topological polar surface area (TPSA) is 98.8 Å². The Labute approximate surface area is 209 Å². The smallest absolute Gasteiger partial charge is 0.290 e. The van der Waals surface area contributed by atoms with Crippen LogP contribution in [-0.4, -0.2) is 53.1 Å². The molecule has 0 radical (unpaired) electrons. The third-order valence-electron chi connectivity index (χ3n) is 5.60. The zero-order chi connectivity index (χ0) is 25.7. The number of imidazole rings is 1. The number of hydrogen-bond acceptors (Lipinski definition) is 6. The summed E-state index contributed by atoms with van der Waals surface area (Å²) in [6.45, 7) is 3.51. The van der Waals surface area contributed by atoms with Crippen LogP contribution in [0.15, 0.2) is 77.5 Å². The molecule has 0 bridgehead atoms. The van der Waals surface area contributed by atoms with Crippen molar-refractivity contribution in [3.05, 3.63) is 78.9 Å². The number of anilines is 1. The molecule has 2 aromatic carbocycles. The summed E-state index contributed by atoms with van der Waals surface area (Å²) in [4.78, 5) is 32.1. The van der Waals surface area contributed by atoms with Crippen LogP contribution in [0, 0.1) is 0 Å². The number of nitrogens with zero attached hydrogens (tertiary/aromatic N) is 3. The van der Waals surface area contributed by atoms with Crippen LogP contribution < -0.4 is 14.8 Å². The van der Waals surface area contributed by atoms with E-state index >= 15 is 0 Å². The summed E-state index contributed by atoms with van der Waals surface area (Å²) in [6.07, 6.45) is 3.26. The number of furan rings is 1. The second-order valence-corrected chi connectivity index (χ2v) is 8.28. The third kappa shape index (κ3) is 5.25. The van der Waals surface area contributed by atoms with Crippen molar-refractivity contribution in [2.24, 2.45) is 0 Å². The molecule has 0 fully saturated rings. The van der Waals surface area contributed by atoms with Gasteiger partial charge >= 0.3 is 0 Å². The van der Waals surface area contributed by atoms with E-state index in [9.17, 15) is 9.59 Å². The van der Waals surface area contributed by atoms with E-state index in [2.05, 4.69) is 10.3 Å². The number of benzene rings is 2. The molecule has 0 aliphatic carbocycles. The summed E-state index contributed by atoms with van der Waals surface area (Å²) in [5.41, 5.74) is 2.28. The predicted molar refractivity (Wildman–Crippen MR) is 136 cm³/mol. The van der Waals surface area contributed by atoms with Crippen molar-refractivity contribution in [3.8, 4) is 28.4 Å². The Bertz CT molecular complexity index is 1330. The van der Waals surface area contributed by atoms with Gasteiger partial charge in [0, 0.05) is 23.9 Å². The molecule has 4 aromatic rings. The number of rotatable bonds is 9. The third-order valence-corrected chi connectivity index (χ3v) is 5.60. The molecule has 36 heavy (non-hydrogen) atoms. The molecule has 4 rings (SSSR count). The highest BCUT2D eigenvalue weighted by molar-refractivity contribution is 5.97. The van der Waals surface area contributed by atoms with E-state index in [1.165, 1.54) is 11.2 Å². The number of hydrogen-bond donors (Lipinski definition) is 1. The SMILES string of the molecule is COc1ccc(-n2cc(-c3ccccc3)nc2NC(=O)CN(C(=O)c2ccco2)C(C)C)cc1OC. The molecule has 0 spiro atoms. The van der Waals surface area contributed by atoms with E-state index in [1.807, 2.05) is 56.4 Å². The van der Waals surface area contributed by atoms with Gasteiger partial charge in [0.15, 0.2) is 17.3 Å². The zero-order valence-corrected chi connectivity index (χ0v) is 20.6. The summed E-state index contributed by atoms with van der Waals surface area (Å²) in [7, 11) is 3.13. The molecule has 2 amide bonds. The molecule has 2 heterocycles. The van der Waals surface area contributed by atoms with Crippen molar-refractivity contribution in [3.63, 3.8) is 0 Å². The molecule has 0 aliphatic rings. The molecular weight excluding hydrogens is 460 g/mol. The Morgan fingerprint density at radius 3 is 2.42 bits per heavy atom. The highest BCUT2D eigenvalue weighted by atomic mass is 16.5. The summed E-state index contributed by atoms with van der Waals surface area (Å²) in [5.74, 6) is 0.848. The number of methoxy groups -OCH3 is 2. The monoisotopic (exact) mass is 488 g/mol. The minimum Gasteiger partial charge on any atom is -0.493 e. The molecule has 186 valence electrons. The fourth-order valence-corrected chi connectivity index (χ4v) is 3.74. The van der Waals surface area contributed by atoms with Crippen molar-refractivity contribution in [2.45, 2.75) is 19.9 Å². The maximum absolute atomic E-state index is 13.1. The second-order valence-electron chi connectivity index (χ2n) is 8.28. The maximum Gasteiger partial charge on any atom is 0.290 e. The van der Waals surface area contributed by atoms with Gasteiger partial charge in [0.2, 0.25) is 11.9 Å². The Hall–Kier alpha value is -4.53. The van der Waals surface area contributed by atoms with Crippen molar-refractivity contribution in [1.29, 1.82) is 0 Å². The van der Waals surface area contributed by atoms with Gasteiger partial charge in [-0.05, 0) is 38.1 Å². The highest BCUT2D eigenvalue weighted by Crippen LogP contribution is 2.31. The number of carbonyl (C=O) groups excluding carboxylic acids is 2. The Balaban J connectivity index is 1.66. The minimum absolute atomic E-state index is 0.170. The van der Waals surface area contributed by atoms with Gasteiger partial charge < -0.3 is 18.8 Å². The van der Waals surface area contributed by atoms with Crippen molar-refractivity contribution in [1.82, 2.24) is 14.5 Å². The average Bonchev–Trinajstić information content (AvgIpc) is 3.57. The normalized spacial score (nSPS) is 10.8. The van der Waals surface area contributed by atoms with Crippen LogP contribution >= 0.6 is 0 Å². The Morgan fingerprint density at radius 1 is 1.03 bits per heavy atom. The summed E-state index contributed by atoms with van der Waals surface area (Å²) >= 11 is 0. The molecule has 0 saturated heterocycles. The lowest BCUT2D eigenvalue weighted by Crippen LogP contribution is -2.42. The van der Waals surface area contributed by atoms with Gasteiger partial charge in [0.1, 0.15) is 6.54 Å². The van der Waals surface area contributed by atoms with Gasteiger partial charge in [0.05, 0.1) is 31.9 Å². The van der Waals surface area contributed by atoms with Gasteiger partial charge in [-0.15, -0.1) is 0 Å². The number of aromatic nitrogens is 2. The van der Waals surface area contributed by atoms with Gasteiger partial charge in [-0.2, -0.15) is 0 Å².